The number of carboxylic acids is 2. The molecule has 332 valence electrons. The van der Waals surface area contributed by atoms with Crippen LogP contribution in [0, 0.1) is 0 Å². The minimum absolute atomic E-state index is 0. The number of aliphatic hydroxyl groups is 2. The summed E-state index contributed by atoms with van der Waals surface area (Å²) in [6.45, 7) is 3.19. The van der Waals surface area contributed by atoms with Gasteiger partial charge in [-0.3, -0.25) is 0 Å². The quantitative estimate of drug-likeness (QED) is 0.0498. The molecule has 8 nitrogen and oxygen atoms in total. The molecule has 0 saturated heterocycles. The number of carboxylic acid groups (broad SMARTS) is 2. The maximum atomic E-state index is 10.4. The summed E-state index contributed by atoms with van der Waals surface area (Å²) in [6.07, 6.45) is 32.4. The van der Waals surface area contributed by atoms with E-state index in [1.54, 1.807) is 0 Å². The van der Waals surface area contributed by atoms with Gasteiger partial charge in [-0.2, -0.15) is 0 Å². The van der Waals surface area contributed by atoms with Crippen molar-refractivity contribution in [1.29, 1.82) is 0 Å². The molecule has 0 radical (unpaired) electrons. The molecule has 0 fully saturated rings. The van der Waals surface area contributed by atoms with Crippen molar-refractivity contribution in [2.24, 2.45) is 0 Å². The van der Waals surface area contributed by atoms with Crippen LogP contribution in [0.25, 0.3) is 0 Å². The number of rotatable bonds is 40. The Hall–Kier alpha value is -1.21. The van der Waals surface area contributed by atoms with Gasteiger partial charge in [0.15, 0.2) is 0 Å². The fourth-order valence-corrected chi connectivity index (χ4v) is 7.09. The van der Waals surface area contributed by atoms with Crippen LogP contribution >= 0.6 is 0 Å². The number of hydrogen-bond donors (Lipinski definition) is 2. The predicted octanol–water partition coefficient (Wildman–Crippen LogP) is 9.95. The van der Waals surface area contributed by atoms with Gasteiger partial charge >= 0.3 is 48.9 Å². The van der Waals surface area contributed by atoms with Gasteiger partial charge in [0.25, 0.3) is 0 Å². The Balaban J connectivity index is 0.00000112. The van der Waals surface area contributed by atoms with E-state index in [-0.39, 0.29) is 48.9 Å². The molecule has 0 bridgehead atoms. The van der Waals surface area contributed by atoms with Crippen LogP contribution in [-0.4, -0.2) is 96.5 Å². The second-order valence-corrected chi connectivity index (χ2v) is 16.2. The van der Waals surface area contributed by atoms with Gasteiger partial charge in [-0.05, 0) is 36.8 Å². The average Bonchev–Trinajstić information content (AvgIpc) is 3.23. The van der Waals surface area contributed by atoms with Crippen LogP contribution in [0.4, 0.5) is 0 Å². The number of carbonyl (C=O) groups is 2. The smallest absolute Gasteiger partial charge is 0.547 e. The van der Waals surface area contributed by atoms with Crippen molar-refractivity contribution in [2.75, 3.05) is 13.2 Å². The number of carbonyl (C=O) groups excluding carboxylic acids is 2. The molecule has 2 aromatic carbocycles. The van der Waals surface area contributed by atoms with Crippen LogP contribution in [0.1, 0.15) is 204 Å². The van der Waals surface area contributed by atoms with Gasteiger partial charge in [0.05, 0.1) is 37.4 Å². The normalized spacial score (nSPS) is 12.0. The maximum Gasteiger partial charge on any atom is 2.00 e. The number of benzene rings is 2. The van der Waals surface area contributed by atoms with Crippen LogP contribution in [-0.2, 0) is 32.3 Å². The third kappa shape index (κ3) is 40.6. The summed E-state index contributed by atoms with van der Waals surface area (Å²) in [4.78, 5) is 20.8. The topological polar surface area (TPSA) is 139 Å². The van der Waals surface area contributed by atoms with Crippen molar-refractivity contribution in [3.8, 4) is 0 Å². The molecule has 0 spiro atoms. The number of aliphatic hydroxyl groups excluding tert-OH is 2. The number of unbranched alkanes of at least 4 members (excludes halogenated alkanes) is 26. The zero-order valence-corrected chi connectivity index (χ0v) is 41.5. The number of hydrogen-bond acceptors (Lipinski definition) is 8. The Labute approximate surface area is 400 Å². The standard InChI is InChI=1S/2C25H42O4.Ba/c2*26-24(25(27)28)20-16-11-9-7-5-3-1-2-4-6-8-10-12-17-21-29-22-23-18-14-13-15-19-23;/h2*13-15,18-19,24,26H,1-12,16-17,20-22H2,(H,27,28);/q;;+2/p-2. The molecule has 2 atom stereocenters. The van der Waals surface area contributed by atoms with Gasteiger partial charge in [0.1, 0.15) is 0 Å². The van der Waals surface area contributed by atoms with E-state index in [0.717, 1.165) is 65.0 Å². The SMILES string of the molecule is O=C([O-])C(O)CCCCCCCCCCCCCCCCOCc1ccccc1.O=C([O-])C(O)CCCCCCCCCCCCCCCCOCc1ccccc1.[Ba+2]. The molecule has 2 unspecified atom stereocenters. The summed E-state index contributed by atoms with van der Waals surface area (Å²) in [7, 11) is 0. The Morgan fingerprint density at radius 3 is 0.847 bits per heavy atom. The van der Waals surface area contributed by atoms with E-state index >= 15 is 0 Å². The molecule has 0 aliphatic carbocycles. The molecule has 0 heterocycles. The van der Waals surface area contributed by atoms with E-state index in [4.69, 9.17) is 19.7 Å². The Kier molecular flexibility index (Phi) is 43.9. The van der Waals surface area contributed by atoms with Crippen molar-refractivity contribution in [2.45, 2.75) is 218 Å². The monoisotopic (exact) mass is 949 g/mol. The van der Waals surface area contributed by atoms with Crippen LogP contribution in [0.5, 0.6) is 0 Å². The fraction of sp³-hybridized carbons (Fsp3) is 0.720. The van der Waals surface area contributed by atoms with Gasteiger partial charge in [-0.15, -0.1) is 0 Å². The third-order valence-corrected chi connectivity index (χ3v) is 10.8. The van der Waals surface area contributed by atoms with Gasteiger partial charge < -0.3 is 39.5 Å². The first kappa shape index (κ1) is 57.8. The van der Waals surface area contributed by atoms with Crippen molar-refractivity contribution in [3.63, 3.8) is 0 Å². The van der Waals surface area contributed by atoms with Crippen molar-refractivity contribution >= 4 is 60.8 Å². The van der Waals surface area contributed by atoms with Crippen LogP contribution in [0.3, 0.4) is 0 Å². The molecule has 9 heteroatoms. The van der Waals surface area contributed by atoms with Gasteiger partial charge in [0.2, 0.25) is 0 Å². The molecule has 0 amide bonds. The molecule has 2 rings (SSSR count). The van der Waals surface area contributed by atoms with Gasteiger partial charge in [0, 0.05) is 13.2 Å². The fourth-order valence-electron chi connectivity index (χ4n) is 7.09. The number of aliphatic carboxylic acids is 2. The van der Waals surface area contributed by atoms with E-state index in [9.17, 15) is 19.8 Å². The maximum absolute atomic E-state index is 10.4. The van der Waals surface area contributed by atoms with Crippen LogP contribution in [0.15, 0.2) is 60.7 Å². The second-order valence-electron chi connectivity index (χ2n) is 16.2. The average molecular weight is 949 g/mol. The summed E-state index contributed by atoms with van der Waals surface area (Å²) in [6, 6.07) is 20.7. The molecular weight excluding hydrogens is 866 g/mol. The van der Waals surface area contributed by atoms with E-state index in [1.165, 1.54) is 152 Å². The largest absolute Gasteiger partial charge is 2.00 e. The molecule has 2 N–H and O–H groups in total. The minimum atomic E-state index is -1.35. The van der Waals surface area contributed by atoms with Crippen LogP contribution in [0.2, 0.25) is 0 Å². The summed E-state index contributed by atoms with van der Waals surface area (Å²) in [5, 5.41) is 39.0. The summed E-state index contributed by atoms with van der Waals surface area (Å²) < 4.78 is 11.4. The van der Waals surface area contributed by atoms with E-state index in [2.05, 4.69) is 48.5 Å². The van der Waals surface area contributed by atoms with Gasteiger partial charge in [-0.1, -0.05) is 228 Å². The van der Waals surface area contributed by atoms with E-state index in [1.807, 2.05) is 12.1 Å². The second kappa shape index (κ2) is 44.8. The zero-order valence-electron chi connectivity index (χ0n) is 37.0. The molecule has 2 aromatic rings. The van der Waals surface area contributed by atoms with E-state index in [0.29, 0.717) is 12.8 Å². The molecule has 59 heavy (non-hydrogen) atoms. The molecule has 0 aliphatic heterocycles. The Morgan fingerprint density at radius 2 is 0.610 bits per heavy atom. The minimum Gasteiger partial charge on any atom is -0.547 e. The number of ether oxygens (including phenoxy) is 2. The molecule has 0 saturated carbocycles. The summed E-state index contributed by atoms with van der Waals surface area (Å²) >= 11 is 0. The Bertz CT molecular complexity index is 1080. The Morgan fingerprint density at radius 1 is 0.390 bits per heavy atom. The van der Waals surface area contributed by atoms with Crippen LogP contribution < -0.4 is 10.2 Å². The summed E-state index contributed by atoms with van der Waals surface area (Å²) in [5.41, 5.74) is 2.50. The molecular formula is C50H82BaO8. The molecule has 0 aromatic heterocycles. The van der Waals surface area contributed by atoms with Crippen molar-refractivity contribution < 1.29 is 39.5 Å². The van der Waals surface area contributed by atoms with Crippen molar-refractivity contribution in [3.05, 3.63) is 71.8 Å². The zero-order chi connectivity index (χ0) is 42.0. The summed E-state index contributed by atoms with van der Waals surface area (Å²) in [5.74, 6) is -2.70. The van der Waals surface area contributed by atoms with Crippen molar-refractivity contribution in [1.82, 2.24) is 0 Å². The first-order valence-electron chi connectivity index (χ1n) is 23.4. The van der Waals surface area contributed by atoms with Gasteiger partial charge in [-0.25, -0.2) is 0 Å². The third-order valence-electron chi connectivity index (χ3n) is 10.8. The first-order valence-corrected chi connectivity index (χ1v) is 23.4. The van der Waals surface area contributed by atoms with E-state index < -0.39 is 24.1 Å². The predicted molar refractivity (Wildman–Crippen MR) is 238 cm³/mol. The first-order chi connectivity index (χ1) is 28.4. The molecule has 0 aliphatic rings.